The third-order valence-corrected chi connectivity index (χ3v) is 5.73. The highest BCUT2D eigenvalue weighted by Crippen LogP contribution is 2.31. The first-order valence-electron chi connectivity index (χ1n) is 9.78. The Morgan fingerprint density at radius 3 is 2.61 bits per heavy atom. The number of rotatable bonds is 5. The Hall–Kier alpha value is -3.00. The summed E-state index contributed by atoms with van der Waals surface area (Å²) in [5.41, 5.74) is 1.21. The van der Waals surface area contributed by atoms with Crippen LogP contribution in [0.25, 0.3) is 17.2 Å². The summed E-state index contributed by atoms with van der Waals surface area (Å²) < 4.78 is 1.71. The lowest BCUT2D eigenvalue weighted by Gasteiger charge is -2.29. The Bertz CT molecular complexity index is 943. The number of benzene rings is 1. The van der Waals surface area contributed by atoms with Crippen LogP contribution in [0.3, 0.4) is 0 Å². The van der Waals surface area contributed by atoms with Crippen LogP contribution in [0.2, 0.25) is 0 Å². The smallest absolute Gasteiger partial charge is 0.189 e. The molecular weight excluding hydrogens is 354 g/mol. The van der Waals surface area contributed by atoms with Gasteiger partial charge in [0.15, 0.2) is 5.82 Å². The molecule has 4 heterocycles. The second-order valence-electron chi connectivity index (χ2n) is 7.67. The van der Waals surface area contributed by atoms with Crippen LogP contribution >= 0.6 is 0 Å². The van der Waals surface area contributed by atoms with Crippen molar-refractivity contribution in [2.45, 2.75) is 37.8 Å². The first-order chi connectivity index (χ1) is 13.8. The number of fused-ring (bicyclic) bond motifs is 2. The molecule has 0 radical (unpaired) electrons. The van der Waals surface area contributed by atoms with Crippen LogP contribution in [0.1, 0.15) is 25.7 Å². The van der Waals surface area contributed by atoms with E-state index in [0.29, 0.717) is 35.2 Å². The second-order valence-corrected chi connectivity index (χ2v) is 7.67. The van der Waals surface area contributed by atoms with Crippen LogP contribution in [0.4, 0.5) is 5.82 Å². The van der Waals surface area contributed by atoms with E-state index in [4.69, 9.17) is 0 Å². The van der Waals surface area contributed by atoms with Gasteiger partial charge in [-0.05, 0) is 55.9 Å². The highest BCUT2D eigenvalue weighted by Gasteiger charge is 2.33. The van der Waals surface area contributed by atoms with Crippen molar-refractivity contribution in [3.05, 3.63) is 42.7 Å². The van der Waals surface area contributed by atoms with Gasteiger partial charge < -0.3 is 15.7 Å². The Morgan fingerprint density at radius 1 is 1.04 bits per heavy atom. The number of phenols is 1. The van der Waals surface area contributed by atoms with Crippen LogP contribution in [0.5, 0.6) is 5.75 Å². The number of piperidine rings is 1. The van der Waals surface area contributed by atoms with E-state index in [1.165, 1.54) is 25.7 Å². The number of nitrogens with one attached hydrogen (secondary N) is 2. The topological polar surface area (TPSA) is 101 Å². The van der Waals surface area contributed by atoms with Crippen molar-refractivity contribution < 1.29 is 5.11 Å². The molecule has 3 aromatic rings. The van der Waals surface area contributed by atoms with E-state index in [-0.39, 0.29) is 5.75 Å². The molecule has 2 aromatic heterocycles. The first-order valence-corrected chi connectivity index (χ1v) is 9.78. The Morgan fingerprint density at radius 2 is 1.86 bits per heavy atom. The number of para-hydroxylation sites is 2. The highest BCUT2D eigenvalue weighted by atomic mass is 16.3. The second kappa shape index (κ2) is 7.20. The maximum Gasteiger partial charge on any atom is 0.189 e. The molecule has 0 saturated carbocycles. The number of aromatic nitrogens is 5. The van der Waals surface area contributed by atoms with Gasteiger partial charge in [0.25, 0.3) is 0 Å². The number of phenolic OH excluding ortho intramolecular Hbond substituents is 1. The number of aromatic hydroxyl groups is 1. The molecule has 0 aliphatic carbocycles. The van der Waals surface area contributed by atoms with E-state index >= 15 is 0 Å². The van der Waals surface area contributed by atoms with Crippen LogP contribution in [0.15, 0.2) is 42.7 Å². The molecule has 5 rings (SSSR count). The van der Waals surface area contributed by atoms with Crippen LogP contribution in [-0.2, 0) is 0 Å². The van der Waals surface area contributed by atoms with Gasteiger partial charge in [-0.25, -0.2) is 0 Å². The monoisotopic (exact) mass is 377 g/mol. The lowest BCUT2D eigenvalue weighted by Crippen LogP contribution is -2.40. The fraction of sp³-hybridized carbons (Fsp3) is 0.400. The molecular formula is C20H23N7O. The molecule has 2 atom stereocenters. The van der Waals surface area contributed by atoms with Gasteiger partial charge in [0, 0.05) is 18.6 Å². The van der Waals surface area contributed by atoms with Gasteiger partial charge in [0.1, 0.15) is 23.6 Å². The lowest BCUT2D eigenvalue weighted by atomic mass is 9.92. The molecule has 8 nitrogen and oxygen atoms in total. The molecule has 2 fully saturated rings. The molecule has 2 saturated heterocycles. The van der Waals surface area contributed by atoms with Crippen molar-refractivity contribution in [2.75, 3.05) is 11.9 Å². The molecule has 2 aliphatic rings. The van der Waals surface area contributed by atoms with Gasteiger partial charge >= 0.3 is 0 Å². The quantitative estimate of drug-likeness (QED) is 0.627. The SMILES string of the molecule is Oc1ccccc1-n1cnnc1-c1ccc(NCC2CC3CCC(C2)N3)nn1. The molecule has 28 heavy (non-hydrogen) atoms. The third-order valence-electron chi connectivity index (χ3n) is 5.73. The number of hydrogen-bond acceptors (Lipinski definition) is 7. The summed E-state index contributed by atoms with van der Waals surface area (Å²) in [4.78, 5) is 0. The third kappa shape index (κ3) is 3.31. The Labute approximate surface area is 163 Å². The van der Waals surface area contributed by atoms with Gasteiger partial charge in [-0.1, -0.05) is 12.1 Å². The summed E-state index contributed by atoms with van der Waals surface area (Å²) in [5.74, 6) is 2.15. The lowest BCUT2D eigenvalue weighted by molar-refractivity contribution is 0.311. The van der Waals surface area contributed by atoms with Crippen molar-refractivity contribution in [1.29, 1.82) is 0 Å². The summed E-state index contributed by atoms with van der Waals surface area (Å²) in [7, 11) is 0. The minimum Gasteiger partial charge on any atom is -0.506 e. The Balaban J connectivity index is 1.28. The van der Waals surface area contributed by atoms with Crippen molar-refractivity contribution in [1.82, 2.24) is 30.3 Å². The first kappa shape index (κ1) is 17.1. The van der Waals surface area contributed by atoms with E-state index in [1.54, 1.807) is 29.1 Å². The summed E-state index contributed by atoms with van der Waals surface area (Å²) in [6, 6.07) is 12.2. The number of anilines is 1. The van der Waals surface area contributed by atoms with Crippen LogP contribution < -0.4 is 10.6 Å². The fourth-order valence-electron chi connectivity index (χ4n) is 4.39. The van der Waals surface area contributed by atoms with Crippen molar-refractivity contribution in [3.8, 4) is 23.0 Å². The van der Waals surface area contributed by atoms with Gasteiger partial charge in [-0.3, -0.25) is 4.57 Å². The molecule has 1 aromatic carbocycles. The molecule has 3 N–H and O–H groups in total. The average molecular weight is 377 g/mol. The summed E-state index contributed by atoms with van der Waals surface area (Å²) in [6.07, 6.45) is 6.65. The zero-order valence-corrected chi connectivity index (χ0v) is 15.5. The molecule has 2 aliphatic heterocycles. The van der Waals surface area contributed by atoms with Gasteiger partial charge in [-0.15, -0.1) is 20.4 Å². The zero-order valence-electron chi connectivity index (χ0n) is 15.5. The average Bonchev–Trinajstić information content (AvgIpc) is 3.33. The standard InChI is InChI=1S/C20H23N7O/c28-18-4-2-1-3-17(18)27-12-22-26-20(27)16-7-8-19(25-24-16)21-11-13-9-14-5-6-15(10-13)23-14/h1-4,7-8,12-15,23,28H,5-6,9-11H2,(H,21,25). The minimum atomic E-state index is 0.158. The van der Waals surface area contributed by atoms with Crippen molar-refractivity contribution >= 4 is 5.82 Å². The normalized spacial score (nSPS) is 23.6. The van der Waals surface area contributed by atoms with E-state index in [2.05, 4.69) is 31.0 Å². The summed E-state index contributed by atoms with van der Waals surface area (Å²) in [6.45, 7) is 0.927. The molecule has 0 spiro atoms. The van der Waals surface area contributed by atoms with E-state index in [9.17, 15) is 5.11 Å². The molecule has 2 unspecified atom stereocenters. The maximum absolute atomic E-state index is 10.1. The van der Waals surface area contributed by atoms with E-state index in [1.807, 2.05) is 18.2 Å². The Kier molecular flexibility index (Phi) is 4.40. The van der Waals surface area contributed by atoms with Crippen molar-refractivity contribution in [2.24, 2.45) is 5.92 Å². The van der Waals surface area contributed by atoms with Gasteiger partial charge in [0.05, 0.1) is 5.69 Å². The van der Waals surface area contributed by atoms with Crippen molar-refractivity contribution in [3.63, 3.8) is 0 Å². The number of hydrogen-bond donors (Lipinski definition) is 3. The van der Waals surface area contributed by atoms with E-state index < -0.39 is 0 Å². The predicted octanol–water partition coefficient (Wildman–Crippen LogP) is 2.37. The highest BCUT2D eigenvalue weighted by molar-refractivity contribution is 5.57. The summed E-state index contributed by atoms with van der Waals surface area (Å²) in [5, 5.41) is 33.9. The largest absolute Gasteiger partial charge is 0.506 e. The molecule has 144 valence electrons. The zero-order chi connectivity index (χ0) is 18.9. The summed E-state index contributed by atoms with van der Waals surface area (Å²) >= 11 is 0. The van der Waals surface area contributed by atoms with E-state index in [0.717, 1.165) is 12.4 Å². The van der Waals surface area contributed by atoms with Gasteiger partial charge in [-0.2, -0.15) is 0 Å². The van der Waals surface area contributed by atoms with Crippen LogP contribution in [-0.4, -0.2) is 48.7 Å². The van der Waals surface area contributed by atoms with Gasteiger partial charge in [0.2, 0.25) is 0 Å². The minimum absolute atomic E-state index is 0.158. The number of nitrogens with zero attached hydrogens (tertiary/aromatic N) is 5. The molecule has 2 bridgehead atoms. The predicted molar refractivity (Wildman–Crippen MR) is 105 cm³/mol. The fourth-order valence-corrected chi connectivity index (χ4v) is 4.39. The maximum atomic E-state index is 10.1. The van der Waals surface area contributed by atoms with Crippen LogP contribution in [0, 0.1) is 5.92 Å². The molecule has 8 heteroatoms. The molecule has 0 amide bonds.